The fraction of sp³-hybridized carbons (Fsp3) is 0.259. The minimum atomic E-state index is -3.03. The van der Waals surface area contributed by atoms with Crippen LogP contribution >= 0.6 is 11.3 Å². The first-order valence-electron chi connectivity index (χ1n) is 11.8. The number of amides is 1. The third-order valence-electron chi connectivity index (χ3n) is 6.68. The number of carbonyl (C=O) groups is 1. The lowest BCUT2D eigenvalue weighted by Gasteiger charge is -2.33. The molecule has 2 aromatic carbocycles. The standard InChI is InChI=1S/C27H28N4O3S2/c1-18-13-16-35-26(18)27(32)28-23-10-8-20(31-14-11-21(12-15-31)36(2,33)34)17-19(23)7-9-25-22-5-3-4-6-24(22)29-30-25/h3-10,13,16-17,21H,11-12,14-15H2,1-2H3,(H,28,32)(H,29,30)/b9-7+. The van der Waals surface area contributed by atoms with Gasteiger partial charge in [0, 0.05) is 41.7 Å². The first-order chi connectivity index (χ1) is 17.3. The Labute approximate surface area is 214 Å². The van der Waals surface area contributed by atoms with Crippen molar-refractivity contribution in [3.8, 4) is 0 Å². The van der Waals surface area contributed by atoms with Gasteiger partial charge >= 0.3 is 0 Å². The molecule has 36 heavy (non-hydrogen) atoms. The minimum absolute atomic E-state index is 0.135. The maximum absolute atomic E-state index is 13.0. The molecule has 1 aliphatic heterocycles. The van der Waals surface area contributed by atoms with E-state index in [1.165, 1.54) is 17.6 Å². The Morgan fingerprint density at radius 1 is 1.14 bits per heavy atom. The number of fused-ring (bicyclic) bond motifs is 1. The van der Waals surface area contributed by atoms with Crippen molar-refractivity contribution >= 4 is 61.5 Å². The number of sulfone groups is 1. The van der Waals surface area contributed by atoms with Crippen LogP contribution in [0.5, 0.6) is 0 Å². The van der Waals surface area contributed by atoms with Crippen LogP contribution in [0, 0.1) is 6.92 Å². The summed E-state index contributed by atoms with van der Waals surface area (Å²) >= 11 is 1.42. The van der Waals surface area contributed by atoms with E-state index in [4.69, 9.17) is 0 Å². The molecule has 2 aromatic heterocycles. The fourth-order valence-electron chi connectivity index (χ4n) is 4.61. The molecule has 0 spiro atoms. The predicted molar refractivity (Wildman–Crippen MR) is 149 cm³/mol. The molecule has 0 aliphatic carbocycles. The van der Waals surface area contributed by atoms with Gasteiger partial charge in [-0.05, 0) is 67.1 Å². The van der Waals surface area contributed by atoms with Crippen molar-refractivity contribution in [2.24, 2.45) is 0 Å². The maximum Gasteiger partial charge on any atom is 0.266 e. The van der Waals surface area contributed by atoms with Crippen LogP contribution in [0.4, 0.5) is 11.4 Å². The Morgan fingerprint density at radius 3 is 2.64 bits per heavy atom. The minimum Gasteiger partial charge on any atom is -0.371 e. The van der Waals surface area contributed by atoms with Crippen molar-refractivity contribution < 1.29 is 13.2 Å². The van der Waals surface area contributed by atoms with Gasteiger partial charge in [-0.25, -0.2) is 8.42 Å². The second-order valence-electron chi connectivity index (χ2n) is 9.16. The zero-order valence-electron chi connectivity index (χ0n) is 20.2. The number of benzene rings is 2. The number of aryl methyl sites for hydroxylation is 1. The van der Waals surface area contributed by atoms with Gasteiger partial charge in [-0.2, -0.15) is 5.10 Å². The number of thiophene rings is 1. The van der Waals surface area contributed by atoms with Gasteiger partial charge in [0.15, 0.2) is 0 Å². The molecule has 0 bridgehead atoms. The summed E-state index contributed by atoms with van der Waals surface area (Å²) < 4.78 is 23.9. The Kier molecular flexibility index (Phi) is 6.68. The number of para-hydroxylation sites is 1. The number of nitrogens with zero attached hydrogens (tertiary/aromatic N) is 2. The van der Waals surface area contributed by atoms with Crippen molar-refractivity contribution in [1.29, 1.82) is 0 Å². The quantitative estimate of drug-likeness (QED) is 0.356. The summed E-state index contributed by atoms with van der Waals surface area (Å²) in [6.45, 7) is 3.27. The Bertz CT molecular complexity index is 1540. The molecule has 1 amide bonds. The van der Waals surface area contributed by atoms with Gasteiger partial charge in [0.1, 0.15) is 9.84 Å². The largest absolute Gasteiger partial charge is 0.371 e. The normalized spacial score (nSPS) is 15.1. The van der Waals surface area contributed by atoms with E-state index in [0.29, 0.717) is 36.5 Å². The molecule has 9 heteroatoms. The van der Waals surface area contributed by atoms with Crippen LogP contribution in [0.3, 0.4) is 0 Å². The Morgan fingerprint density at radius 2 is 1.92 bits per heavy atom. The van der Waals surface area contributed by atoms with Crippen molar-refractivity contribution in [3.05, 3.63) is 75.6 Å². The molecular weight excluding hydrogens is 492 g/mol. The molecule has 1 fully saturated rings. The van der Waals surface area contributed by atoms with Gasteiger partial charge in [0.25, 0.3) is 5.91 Å². The van der Waals surface area contributed by atoms with Gasteiger partial charge in [0.2, 0.25) is 0 Å². The summed E-state index contributed by atoms with van der Waals surface area (Å²) in [5.41, 5.74) is 5.28. The summed E-state index contributed by atoms with van der Waals surface area (Å²) in [5, 5.41) is 13.2. The van der Waals surface area contributed by atoms with Crippen LogP contribution in [0.15, 0.2) is 53.9 Å². The van der Waals surface area contributed by atoms with E-state index in [1.54, 1.807) is 0 Å². The van der Waals surface area contributed by atoms with Crippen molar-refractivity contribution in [1.82, 2.24) is 10.2 Å². The van der Waals surface area contributed by atoms with E-state index >= 15 is 0 Å². The third-order valence-corrected chi connectivity index (χ3v) is 9.38. The molecule has 4 aromatic rings. The second kappa shape index (κ2) is 9.91. The maximum atomic E-state index is 13.0. The molecule has 3 heterocycles. The zero-order valence-corrected chi connectivity index (χ0v) is 21.8. The van der Waals surface area contributed by atoms with E-state index in [1.807, 2.05) is 73.0 Å². The highest BCUT2D eigenvalue weighted by molar-refractivity contribution is 7.91. The van der Waals surface area contributed by atoms with Crippen molar-refractivity contribution in [2.45, 2.75) is 25.0 Å². The van der Waals surface area contributed by atoms with E-state index in [2.05, 4.69) is 20.4 Å². The van der Waals surface area contributed by atoms with E-state index in [9.17, 15) is 13.2 Å². The van der Waals surface area contributed by atoms with Crippen molar-refractivity contribution in [2.75, 3.05) is 29.6 Å². The SMILES string of the molecule is Cc1ccsc1C(=O)Nc1ccc(N2CCC(S(C)(=O)=O)CC2)cc1/C=C/c1n[nH]c2ccccc12. The highest BCUT2D eigenvalue weighted by atomic mass is 32.2. The molecule has 0 saturated carbocycles. The van der Waals surface area contributed by atoms with E-state index in [0.717, 1.165) is 33.4 Å². The number of piperidine rings is 1. The highest BCUT2D eigenvalue weighted by Gasteiger charge is 2.27. The molecule has 0 unspecified atom stereocenters. The number of hydrogen-bond acceptors (Lipinski definition) is 6. The molecule has 186 valence electrons. The van der Waals surface area contributed by atoms with Crippen molar-refractivity contribution in [3.63, 3.8) is 0 Å². The number of hydrogen-bond donors (Lipinski definition) is 2. The lowest BCUT2D eigenvalue weighted by Crippen LogP contribution is -2.39. The topological polar surface area (TPSA) is 95.2 Å². The smallest absolute Gasteiger partial charge is 0.266 e. The monoisotopic (exact) mass is 520 g/mol. The lowest BCUT2D eigenvalue weighted by atomic mass is 10.1. The molecule has 5 rings (SSSR count). The van der Waals surface area contributed by atoms with Crippen LogP contribution in [0.25, 0.3) is 23.1 Å². The fourth-order valence-corrected chi connectivity index (χ4v) is 6.49. The molecular formula is C27H28N4O3S2. The first-order valence-corrected chi connectivity index (χ1v) is 14.7. The van der Waals surface area contributed by atoms with Crippen LogP contribution in [-0.2, 0) is 9.84 Å². The second-order valence-corrected chi connectivity index (χ2v) is 12.4. The number of H-pyrrole nitrogens is 1. The number of anilines is 2. The molecule has 1 saturated heterocycles. The number of aromatic amines is 1. The predicted octanol–water partition coefficient (Wildman–Crippen LogP) is 5.37. The Hall–Kier alpha value is -3.43. The average Bonchev–Trinajstić information content (AvgIpc) is 3.49. The first kappa shape index (κ1) is 24.3. The van der Waals surface area contributed by atoms with E-state index in [-0.39, 0.29) is 11.2 Å². The summed E-state index contributed by atoms with van der Waals surface area (Å²) in [4.78, 5) is 15.9. The number of aromatic nitrogens is 2. The zero-order chi connectivity index (χ0) is 25.3. The average molecular weight is 521 g/mol. The molecule has 1 aliphatic rings. The number of nitrogens with one attached hydrogen (secondary N) is 2. The summed E-state index contributed by atoms with van der Waals surface area (Å²) in [6.07, 6.45) is 6.45. The van der Waals surface area contributed by atoms with Gasteiger partial charge < -0.3 is 10.2 Å². The molecule has 7 nitrogen and oxygen atoms in total. The van der Waals surface area contributed by atoms with Gasteiger partial charge in [-0.1, -0.05) is 24.3 Å². The molecule has 2 N–H and O–H groups in total. The molecule has 0 atom stereocenters. The van der Waals surface area contributed by atoms with E-state index < -0.39 is 9.84 Å². The van der Waals surface area contributed by atoms with Crippen LogP contribution in [-0.4, -0.2) is 49.1 Å². The van der Waals surface area contributed by atoms with Crippen LogP contribution < -0.4 is 10.2 Å². The summed E-state index contributed by atoms with van der Waals surface area (Å²) in [6, 6.07) is 15.8. The highest BCUT2D eigenvalue weighted by Crippen LogP contribution is 2.30. The van der Waals surface area contributed by atoms with Gasteiger partial charge in [-0.3, -0.25) is 9.89 Å². The number of rotatable bonds is 6. The van der Waals surface area contributed by atoms with Gasteiger partial charge in [-0.15, -0.1) is 11.3 Å². The lowest BCUT2D eigenvalue weighted by molar-refractivity contribution is 0.103. The molecule has 0 radical (unpaired) electrons. The summed E-state index contributed by atoms with van der Waals surface area (Å²) in [5.74, 6) is -0.135. The Balaban J connectivity index is 1.45. The van der Waals surface area contributed by atoms with Crippen LogP contribution in [0.2, 0.25) is 0 Å². The third kappa shape index (κ3) is 5.08. The van der Waals surface area contributed by atoms with Crippen LogP contribution in [0.1, 0.15) is 39.3 Å². The summed E-state index contributed by atoms with van der Waals surface area (Å²) in [7, 11) is -3.03. The number of carbonyl (C=O) groups excluding carboxylic acids is 1. The van der Waals surface area contributed by atoms with Gasteiger partial charge in [0.05, 0.1) is 21.3 Å².